The highest BCUT2D eigenvalue weighted by Crippen LogP contribution is 2.36. The molecule has 0 amide bonds. The van der Waals surface area contributed by atoms with Gasteiger partial charge in [0.1, 0.15) is 0 Å². The van der Waals surface area contributed by atoms with Crippen LogP contribution in [0.15, 0.2) is 29.2 Å². The van der Waals surface area contributed by atoms with Crippen molar-refractivity contribution in [2.24, 2.45) is 5.92 Å². The van der Waals surface area contributed by atoms with Gasteiger partial charge in [0.15, 0.2) is 0 Å². The largest absolute Gasteiger partial charge is 0.373 e. The van der Waals surface area contributed by atoms with Crippen molar-refractivity contribution < 1.29 is 17.3 Å². The molecule has 0 spiro atoms. The Bertz CT molecular complexity index is 560. The highest BCUT2D eigenvalue weighted by Gasteiger charge is 2.41. The van der Waals surface area contributed by atoms with E-state index >= 15 is 0 Å². The highest BCUT2D eigenvalue weighted by atomic mass is 32.2. The molecule has 3 rings (SSSR count). The third-order valence-corrected chi connectivity index (χ3v) is 5.50. The Morgan fingerprint density at radius 3 is 2.45 bits per heavy atom. The van der Waals surface area contributed by atoms with Gasteiger partial charge in [0.2, 0.25) is 0 Å². The molecule has 4 nitrogen and oxygen atoms in total. The topological polar surface area (TPSA) is 55.9 Å². The fraction of sp³-hybridized carbons (Fsp3) is 0.600. The fourth-order valence-electron chi connectivity index (χ4n) is 2.90. The number of benzene rings is 1. The molecule has 0 N–H and O–H groups in total. The van der Waals surface area contributed by atoms with Crippen LogP contribution in [0.4, 0.5) is 0 Å². The monoisotopic (exact) mass is 296 g/mol. The van der Waals surface area contributed by atoms with Gasteiger partial charge < -0.3 is 4.74 Å². The van der Waals surface area contributed by atoms with Crippen molar-refractivity contribution in [2.45, 2.75) is 49.7 Å². The summed E-state index contributed by atoms with van der Waals surface area (Å²) < 4.78 is 35.5. The summed E-state index contributed by atoms with van der Waals surface area (Å²) in [5.74, 6) is 0.226. The zero-order chi connectivity index (χ0) is 14.2. The number of hydrogen-bond donors (Lipinski definition) is 0. The maximum Gasteiger partial charge on any atom is 0.297 e. The number of rotatable bonds is 4. The molecule has 2 aliphatic rings. The Labute approximate surface area is 120 Å². The predicted octanol–water partition coefficient (Wildman–Crippen LogP) is 2.66. The zero-order valence-electron chi connectivity index (χ0n) is 11.6. The zero-order valence-corrected chi connectivity index (χ0v) is 12.4. The Kier molecular flexibility index (Phi) is 3.84. The van der Waals surface area contributed by atoms with E-state index in [1.54, 1.807) is 24.3 Å². The molecule has 0 unspecified atom stereocenters. The number of epoxide rings is 1. The normalized spacial score (nSPS) is 30.1. The lowest BCUT2D eigenvalue weighted by Gasteiger charge is -2.29. The van der Waals surface area contributed by atoms with Gasteiger partial charge in [-0.1, -0.05) is 30.5 Å². The molecule has 0 bridgehead atoms. The summed E-state index contributed by atoms with van der Waals surface area (Å²) in [5, 5.41) is 0. The van der Waals surface area contributed by atoms with Crippen LogP contribution in [0, 0.1) is 12.8 Å². The van der Waals surface area contributed by atoms with Crippen LogP contribution in [0.3, 0.4) is 0 Å². The molecule has 1 aliphatic heterocycles. The summed E-state index contributed by atoms with van der Waals surface area (Å²) in [6.07, 6.45) is 3.93. The second-order valence-electron chi connectivity index (χ2n) is 5.72. The minimum absolute atomic E-state index is 0.202. The van der Waals surface area contributed by atoms with Crippen molar-refractivity contribution in [3.8, 4) is 0 Å². The summed E-state index contributed by atoms with van der Waals surface area (Å²) in [6, 6.07) is 6.80. The molecular formula is C15H20O4S. The number of ether oxygens (including phenoxy) is 1. The van der Waals surface area contributed by atoms with Crippen molar-refractivity contribution in [1.82, 2.24) is 0 Å². The number of hydrogen-bond acceptors (Lipinski definition) is 4. The van der Waals surface area contributed by atoms with Crippen molar-refractivity contribution in [2.75, 3.05) is 6.61 Å². The lowest BCUT2D eigenvalue weighted by Crippen LogP contribution is -2.33. The van der Waals surface area contributed by atoms with Crippen LogP contribution >= 0.6 is 0 Å². The molecule has 0 aromatic heterocycles. The first-order valence-corrected chi connectivity index (χ1v) is 8.59. The molecule has 1 aromatic rings. The predicted molar refractivity (Wildman–Crippen MR) is 74.9 cm³/mol. The van der Waals surface area contributed by atoms with Crippen LogP contribution in [0.1, 0.15) is 31.2 Å². The maximum atomic E-state index is 12.3. The minimum Gasteiger partial charge on any atom is -0.373 e. The lowest BCUT2D eigenvalue weighted by molar-refractivity contribution is 0.0802. The quantitative estimate of drug-likeness (QED) is 0.633. The average Bonchev–Trinajstić information content (AvgIpc) is 3.24. The molecule has 5 heteroatoms. The van der Waals surface area contributed by atoms with E-state index < -0.39 is 10.1 Å². The third-order valence-electron chi connectivity index (χ3n) is 4.15. The van der Waals surface area contributed by atoms with Crippen LogP contribution in [-0.2, 0) is 19.0 Å². The van der Waals surface area contributed by atoms with E-state index in [1.165, 1.54) is 0 Å². The lowest BCUT2D eigenvalue weighted by atomic mass is 9.84. The second-order valence-corrected chi connectivity index (χ2v) is 7.29. The molecule has 0 radical (unpaired) electrons. The van der Waals surface area contributed by atoms with Gasteiger partial charge in [-0.05, 0) is 31.9 Å². The van der Waals surface area contributed by atoms with Crippen molar-refractivity contribution in [3.05, 3.63) is 29.8 Å². The van der Waals surface area contributed by atoms with E-state index in [9.17, 15) is 8.42 Å². The molecule has 1 saturated carbocycles. The first-order chi connectivity index (χ1) is 9.56. The van der Waals surface area contributed by atoms with Crippen LogP contribution in [0.5, 0.6) is 0 Å². The van der Waals surface area contributed by atoms with E-state index in [2.05, 4.69) is 0 Å². The minimum atomic E-state index is -3.67. The molecule has 1 saturated heterocycles. The van der Waals surface area contributed by atoms with Gasteiger partial charge in [-0.2, -0.15) is 8.42 Å². The molecule has 1 aliphatic carbocycles. The van der Waals surface area contributed by atoms with Gasteiger partial charge in [-0.3, -0.25) is 4.18 Å². The fourth-order valence-corrected chi connectivity index (χ4v) is 4.04. The van der Waals surface area contributed by atoms with Gasteiger partial charge in [0.05, 0.1) is 23.7 Å². The summed E-state index contributed by atoms with van der Waals surface area (Å²) >= 11 is 0. The molecule has 1 heterocycles. The molecular weight excluding hydrogens is 276 g/mol. The van der Waals surface area contributed by atoms with E-state index in [0.717, 1.165) is 37.9 Å². The van der Waals surface area contributed by atoms with Gasteiger partial charge in [-0.15, -0.1) is 0 Å². The van der Waals surface area contributed by atoms with E-state index in [4.69, 9.17) is 8.92 Å². The highest BCUT2D eigenvalue weighted by molar-refractivity contribution is 7.86. The summed E-state index contributed by atoms with van der Waals surface area (Å²) in [6.45, 7) is 2.67. The van der Waals surface area contributed by atoms with Gasteiger partial charge in [0.25, 0.3) is 10.1 Å². The van der Waals surface area contributed by atoms with E-state index in [-0.39, 0.29) is 23.0 Å². The van der Waals surface area contributed by atoms with Crippen molar-refractivity contribution in [3.63, 3.8) is 0 Å². The Balaban J connectivity index is 1.76. The number of aryl methyl sites for hydroxylation is 1. The van der Waals surface area contributed by atoms with E-state index in [0.29, 0.717) is 0 Å². The Morgan fingerprint density at radius 2 is 1.80 bits per heavy atom. The van der Waals surface area contributed by atoms with Gasteiger partial charge in [0, 0.05) is 5.92 Å². The van der Waals surface area contributed by atoms with Crippen LogP contribution in [0.2, 0.25) is 0 Å². The molecule has 20 heavy (non-hydrogen) atoms. The van der Waals surface area contributed by atoms with Crippen LogP contribution in [0.25, 0.3) is 0 Å². The molecule has 1 aromatic carbocycles. The first kappa shape index (κ1) is 14.0. The Morgan fingerprint density at radius 1 is 1.15 bits per heavy atom. The maximum absolute atomic E-state index is 12.3. The third kappa shape index (κ3) is 3.05. The SMILES string of the molecule is Cc1ccc(S(=O)(=O)O[C@@H]2CCCC[C@H]2[C@H]2CO2)cc1. The summed E-state index contributed by atoms with van der Waals surface area (Å²) in [5.41, 5.74) is 1.03. The summed E-state index contributed by atoms with van der Waals surface area (Å²) in [7, 11) is -3.67. The molecule has 110 valence electrons. The second kappa shape index (κ2) is 5.47. The van der Waals surface area contributed by atoms with Crippen LogP contribution in [-0.4, -0.2) is 27.2 Å². The average molecular weight is 296 g/mol. The Hall–Kier alpha value is -0.910. The first-order valence-electron chi connectivity index (χ1n) is 7.18. The molecule has 3 atom stereocenters. The summed E-state index contributed by atoms with van der Waals surface area (Å²) in [4.78, 5) is 0.240. The molecule has 2 fully saturated rings. The van der Waals surface area contributed by atoms with E-state index in [1.807, 2.05) is 6.92 Å². The smallest absolute Gasteiger partial charge is 0.297 e. The van der Waals surface area contributed by atoms with Gasteiger partial charge >= 0.3 is 0 Å². The van der Waals surface area contributed by atoms with Crippen molar-refractivity contribution in [1.29, 1.82) is 0 Å². The van der Waals surface area contributed by atoms with Gasteiger partial charge in [-0.25, -0.2) is 0 Å². The van der Waals surface area contributed by atoms with Crippen LogP contribution < -0.4 is 0 Å². The van der Waals surface area contributed by atoms with Crippen molar-refractivity contribution >= 4 is 10.1 Å². The standard InChI is InChI=1S/C15H20O4S/c1-11-6-8-12(9-7-11)20(16,17)19-14-5-3-2-4-13(14)15-10-18-15/h6-9,13-15H,2-5,10H2,1H3/t13-,14-,15-/m1/s1.